The van der Waals surface area contributed by atoms with E-state index in [1.165, 1.54) is 12.2 Å². The first kappa shape index (κ1) is 26.0. The Kier molecular flexibility index (Phi) is 7.84. The van der Waals surface area contributed by atoms with Gasteiger partial charge in [-0.2, -0.15) is 0 Å². The Morgan fingerprint density at radius 1 is 1.22 bits per heavy atom. The van der Waals surface area contributed by atoms with Crippen molar-refractivity contribution in [1.82, 2.24) is 14.8 Å². The second-order valence-corrected chi connectivity index (χ2v) is 11.1. The van der Waals surface area contributed by atoms with Crippen LogP contribution in [0.15, 0.2) is 64.8 Å². The van der Waals surface area contributed by atoms with E-state index >= 15 is 0 Å². The fraction of sp³-hybridized carbons (Fsp3) is 0.261. The number of sulfonamides is 1. The van der Waals surface area contributed by atoms with Crippen molar-refractivity contribution in [2.45, 2.75) is 18.1 Å². The summed E-state index contributed by atoms with van der Waals surface area (Å²) in [7, 11) is -4.14. The van der Waals surface area contributed by atoms with Crippen molar-refractivity contribution in [2.75, 3.05) is 29.3 Å². The first-order chi connectivity index (χ1) is 17.2. The number of rotatable bonds is 10. The molecule has 0 aliphatic heterocycles. The molecule has 1 unspecified atom stereocenters. The summed E-state index contributed by atoms with van der Waals surface area (Å²) in [5.74, 6) is -0.0907. The van der Waals surface area contributed by atoms with Gasteiger partial charge in [-0.15, -0.1) is 10.2 Å². The fourth-order valence-electron chi connectivity index (χ4n) is 3.84. The van der Waals surface area contributed by atoms with Gasteiger partial charge in [0, 0.05) is 34.6 Å². The second-order valence-electron chi connectivity index (χ2n) is 8.11. The molecule has 0 radical (unpaired) electrons. The van der Waals surface area contributed by atoms with Crippen LogP contribution in [0.2, 0.25) is 0 Å². The fourth-order valence-corrected chi connectivity index (χ4v) is 6.37. The van der Waals surface area contributed by atoms with Crippen LogP contribution in [-0.2, 0) is 14.8 Å². The zero-order valence-corrected chi connectivity index (χ0v) is 21.3. The normalized spacial score (nSPS) is 15.9. The monoisotopic (exact) mass is 550 g/mol. The summed E-state index contributed by atoms with van der Waals surface area (Å²) in [6, 6.07) is 10.3. The van der Waals surface area contributed by atoms with Gasteiger partial charge >= 0.3 is 5.97 Å². The summed E-state index contributed by atoms with van der Waals surface area (Å²) in [5.41, 5.74) is 6.46. The lowest BCUT2D eigenvalue weighted by molar-refractivity contribution is -0.135. The van der Waals surface area contributed by atoms with Crippen molar-refractivity contribution in [2.24, 2.45) is 5.73 Å². The quantitative estimate of drug-likeness (QED) is 0.325. The number of halogens is 2. The molecule has 4 N–H and O–H groups in total. The molecule has 0 bridgehead atoms. The minimum absolute atomic E-state index is 0.00456. The van der Waals surface area contributed by atoms with Gasteiger partial charge in [0.15, 0.2) is 5.82 Å². The van der Waals surface area contributed by atoms with Gasteiger partial charge in [-0.05, 0) is 61.5 Å². The van der Waals surface area contributed by atoms with Crippen molar-refractivity contribution >= 4 is 61.6 Å². The van der Waals surface area contributed by atoms with Gasteiger partial charge < -0.3 is 16.2 Å². The van der Waals surface area contributed by atoms with Gasteiger partial charge in [0.05, 0.1) is 11.2 Å². The molecule has 36 heavy (non-hydrogen) atoms. The summed E-state index contributed by atoms with van der Waals surface area (Å²) in [4.78, 5) is 11.6. The van der Waals surface area contributed by atoms with Gasteiger partial charge in [-0.25, -0.2) is 8.42 Å². The number of benzene rings is 1. The summed E-state index contributed by atoms with van der Waals surface area (Å²) in [6.45, 7) is 0.528. The first-order valence-electron chi connectivity index (χ1n) is 11.0. The van der Waals surface area contributed by atoms with E-state index < -0.39 is 27.8 Å². The molecule has 0 saturated carbocycles. The van der Waals surface area contributed by atoms with Crippen molar-refractivity contribution < 1.29 is 18.3 Å². The SMILES string of the molecule is NCCCNc1ccc(-n2ccc3cc(N(CC(=O)O)S(=O)(=O)C4C=C(Cl)C=C(Cl)C4)ccc32)nn1. The summed E-state index contributed by atoms with van der Waals surface area (Å²) < 4.78 is 29.6. The standard InChI is InChI=1S/C23H24Cl2N6O4S/c24-16-11-17(25)13-19(12-16)36(34,35)31(14-23(32)33)18-2-3-20-15(10-18)6-9-30(20)22-5-4-21(28-29-22)27-8-1-7-26/h2-6,9-12,19H,1,7-8,13-14,26H2,(H,27,28)(H,32,33). The van der Waals surface area contributed by atoms with Crippen LogP contribution in [0.3, 0.4) is 0 Å². The molecule has 0 saturated heterocycles. The molecule has 3 aromatic rings. The van der Waals surface area contributed by atoms with E-state index in [1.807, 2.05) is 12.1 Å². The van der Waals surface area contributed by atoms with Crippen LogP contribution in [0.25, 0.3) is 16.7 Å². The predicted molar refractivity (Wildman–Crippen MR) is 141 cm³/mol. The van der Waals surface area contributed by atoms with Crippen LogP contribution in [0.5, 0.6) is 0 Å². The lowest BCUT2D eigenvalue weighted by Crippen LogP contribution is -2.41. The highest BCUT2D eigenvalue weighted by Crippen LogP contribution is 2.32. The van der Waals surface area contributed by atoms with Gasteiger partial charge in [0.25, 0.3) is 0 Å². The number of anilines is 2. The van der Waals surface area contributed by atoms with E-state index in [0.717, 1.165) is 16.2 Å². The van der Waals surface area contributed by atoms with Crippen molar-refractivity contribution in [3.8, 4) is 5.82 Å². The van der Waals surface area contributed by atoms with Crippen LogP contribution >= 0.6 is 23.2 Å². The first-order valence-corrected chi connectivity index (χ1v) is 13.3. The van der Waals surface area contributed by atoms with E-state index in [0.29, 0.717) is 30.1 Å². The third kappa shape index (κ3) is 5.65. The maximum Gasteiger partial charge on any atom is 0.324 e. The molecule has 13 heteroatoms. The third-order valence-corrected chi connectivity index (χ3v) is 8.07. The number of carboxylic acids is 1. The number of carbonyl (C=O) groups is 1. The Morgan fingerprint density at radius 2 is 2.03 bits per heavy atom. The molecule has 1 aliphatic rings. The van der Waals surface area contributed by atoms with Crippen LogP contribution < -0.4 is 15.4 Å². The molecule has 1 aliphatic carbocycles. The Bertz CT molecular complexity index is 1440. The van der Waals surface area contributed by atoms with Gasteiger partial charge in [-0.3, -0.25) is 13.7 Å². The average molecular weight is 551 g/mol. The number of aromatic nitrogens is 3. The van der Waals surface area contributed by atoms with E-state index in [9.17, 15) is 18.3 Å². The minimum atomic E-state index is -4.14. The number of nitrogens with one attached hydrogen (secondary N) is 1. The number of allylic oxidation sites excluding steroid dienone is 3. The number of hydrogen-bond acceptors (Lipinski definition) is 7. The number of aliphatic carboxylic acids is 1. The molecule has 0 amide bonds. The van der Waals surface area contributed by atoms with Crippen molar-refractivity contribution in [3.63, 3.8) is 0 Å². The number of nitrogens with two attached hydrogens (primary N) is 1. The summed E-state index contributed by atoms with van der Waals surface area (Å²) in [6.07, 6.45) is 5.43. The maximum atomic E-state index is 13.4. The van der Waals surface area contributed by atoms with Gasteiger partial charge in [-0.1, -0.05) is 23.2 Å². The van der Waals surface area contributed by atoms with Gasteiger partial charge in [0.2, 0.25) is 10.0 Å². The smallest absolute Gasteiger partial charge is 0.324 e. The minimum Gasteiger partial charge on any atom is -0.480 e. The van der Waals surface area contributed by atoms with Gasteiger partial charge in [0.1, 0.15) is 17.6 Å². The lowest BCUT2D eigenvalue weighted by atomic mass is 10.2. The molecule has 0 spiro atoms. The van der Waals surface area contributed by atoms with Crippen molar-refractivity contribution in [1.29, 1.82) is 0 Å². The highest BCUT2D eigenvalue weighted by Gasteiger charge is 2.34. The van der Waals surface area contributed by atoms with E-state index in [4.69, 9.17) is 28.9 Å². The van der Waals surface area contributed by atoms with Crippen molar-refractivity contribution in [3.05, 3.63) is 64.8 Å². The topological polar surface area (TPSA) is 143 Å². The summed E-state index contributed by atoms with van der Waals surface area (Å²) >= 11 is 12.1. The van der Waals surface area contributed by atoms with Crippen LogP contribution in [0.4, 0.5) is 11.5 Å². The molecule has 0 fully saturated rings. The molecular weight excluding hydrogens is 527 g/mol. The zero-order chi connectivity index (χ0) is 25.9. The Hall–Kier alpha value is -3.12. The van der Waals surface area contributed by atoms with Crippen LogP contribution in [0, 0.1) is 0 Å². The Labute approximate surface area is 218 Å². The van der Waals surface area contributed by atoms with E-state index in [2.05, 4.69) is 15.5 Å². The number of fused-ring (bicyclic) bond motifs is 1. The maximum absolute atomic E-state index is 13.4. The molecule has 1 atom stereocenters. The highest BCUT2D eigenvalue weighted by atomic mass is 35.5. The largest absolute Gasteiger partial charge is 0.480 e. The molecule has 2 aromatic heterocycles. The average Bonchev–Trinajstić information content (AvgIpc) is 3.25. The van der Waals surface area contributed by atoms with Crippen LogP contribution in [0.1, 0.15) is 12.8 Å². The number of nitrogens with zero attached hydrogens (tertiary/aromatic N) is 4. The highest BCUT2D eigenvalue weighted by molar-refractivity contribution is 7.93. The summed E-state index contributed by atoms with van der Waals surface area (Å²) in [5, 5.41) is 21.1. The molecule has 190 valence electrons. The second kappa shape index (κ2) is 10.9. The molecular formula is C23H24Cl2N6O4S. The number of carboxylic acid groups (broad SMARTS) is 1. The molecule has 1 aromatic carbocycles. The van der Waals surface area contributed by atoms with E-state index in [1.54, 1.807) is 35.0 Å². The van der Waals surface area contributed by atoms with Crippen LogP contribution in [-0.4, -0.2) is 59.1 Å². The molecule has 4 rings (SSSR count). The lowest BCUT2D eigenvalue weighted by Gasteiger charge is -2.28. The molecule has 10 nitrogen and oxygen atoms in total. The Balaban J connectivity index is 1.65. The third-order valence-electron chi connectivity index (χ3n) is 5.55. The zero-order valence-electron chi connectivity index (χ0n) is 19.0. The molecule has 2 heterocycles. The number of hydrogen-bond donors (Lipinski definition) is 3. The Morgan fingerprint density at radius 3 is 2.69 bits per heavy atom. The predicted octanol–water partition coefficient (Wildman–Crippen LogP) is 3.42. The van der Waals surface area contributed by atoms with E-state index in [-0.39, 0.29) is 22.2 Å².